The van der Waals surface area contributed by atoms with E-state index in [2.05, 4.69) is 15.3 Å². The second-order valence-corrected chi connectivity index (χ2v) is 5.80. The van der Waals surface area contributed by atoms with Gasteiger partial charge in [-0.05, 0) is 31.7 Å². The van der Waals surface area contributed by atoms with Gasteiger partial charge in [-0.3, -0.25) is 4.90 Å². The van der Waals surface area contributed by atoms with Crippen LogP contribution in [0.15, 0.2) is 29.6 Å². The monoisotopic (exact) mass is 277 g/mol. The van der Waals surface area contributed by atoms with Gasteiger partial charge in [0, 0.05) is 24.2 Å². The lowest BCUT2D eigenvalue weighted by molar-refractivity contribution is 0.123. The zero-order valence-corrected chi connectivity index (χ0v) is 12.0. The molecule has 3 N–H and O–H groups in total. The normalized spacial score (nSPS) is 12.8. The van der Waals surface area contributed by atoms with Crippen molar-refractivity contribution in [3.8, 4) is 0 Å². The molecule has 1 aromatic carbocycles. The SMILES string of the molecule is Cc1nc(CN(C)CC(O)c2ccc(N)cc2)cs1. The van der Waals surface area contributed by atoms with E-state index < -0.39 is 6.10 Å². The van der Waals surface area contributed by atoms with Gasteiger partial charge in [0.1, 0.15) is 0 Å². The number of aliphatic hydroxyl groups excluding tert-OH is 1. The summed E-state index contributed by atoms with van der Waals surface area (Å²) >= 11 is 1.65. The van der Waals surface area contributed by atoms with Gasteiger partial charge < -0.3 is 10.8 Å². The molecule has 19 heavy (non-hydrogen) atoms. The summed E-state index contributed by atoms with van der Waals surface area (Å²) in [7, 11) is 1.98. The van der Waals surface area contributed by atoms with E-state index in [1.165, 1.54) is 0 Å². The molecule has 1 unspecified atom stereocenters. The minimum absolute atomic E-state index is 0.509. The highest BCUT2D eigenvalue weighted by atomic mass is 32.1. The van der Waals surface area contributed by atoms with Crippen LogP contribution in [0.1, 0.15) is 22.4 Å². The largest absolute Gasteiger partial charge is 0.399 e. The van der Waals surface area contributed by atoms with Crippen molar-refractivity contribution >= 4 is 17.0 Å². The molecule has 1 atom stereocenters. The first-order valence-electron chi connectivity index (χ1n) is 6.17. The van der Waals surface area contributed by atoms with Crippen LogP contribution in [-0.4, -0.2) is 28.6 Å². The summed E-state index contributed by atoms with van der Waals surface area (Å²) in [5.74, 6) is 0. The minimum Gasteiger partial charge on any atom is -0.399 e. The molecule has 0 aliphatic heterocycles. The van der Waals surface area contributed by atoms with Gasteiger partial charge >= 0.3 is 0 Å². The number of nitrogens with two attached hydrogens (primary N) is 1. The van der Waals surface area contributed by atoms with Crippen molar-refractivity contribution in [3.05, 3.63) is 45.9 Å². The summed E-state index contributed by atoms with van der Waals surface area (Å²) in [4.78, 5) is 6.49. The number of aryl methyl sites for hydroxylation is 1. The summed E-state index contributed by atoms with van der Waals surface area (Å²) in [5, 5.41) is 13.3. The molecular formula is C14H19N3OS. The minimum atomic E-state index is -0.509. The number of likely N-dealkylation sites (N-methyl/N-ethyl adjacent to an activating group) is 1. The lowest BCUT2D eigenvalue weighted by Crippen LogP contribution is -2.24. The van der Waals surface area contributed by atoms with Gasteiger partial charge in [-0.25, -0.2) is 4.98 Å². The zero-order chi connectivity index (χ0) is 13.8. The molecule has 0 fully saturated rings. The van der Waals surface area contributed by atoms with Crippen LogP contribution in [-0.2, 0) is 6.54 Å². The highest BCUT2D eigenvalue weighted by Gasteiger charge is 2.11. The van der Waals surface area contributed by atoms with Crippen LogP contribution in [0, 0.1) is 6.92 Å². The molecule has 102 valence electrons. The summed E-state index contributed by atoms with van der Waals surface area (Å²) in [5.41, 5.74) is 8.28. The fraction of sp³-hybridized carbons (Fsp3) is 0.357. The van der Waals surface area contributed by atoms with Crippen molar-refractivity contribution in [1.82, 2.24) is 9.88 Å². The summed E-state index contributed by atoms with van der Waals surface area (Å²) < 4.78 is 0. The van der Waals surface area contributed by atoms with Crippen LogP contribution in [0.3, 0.4) is 0 Å². The maximum Gasteiger partial charge on any atom is 0.0916 e. The second kappa shape index (κ2) is 6.14. The van der Waals surface area contributed by atoms with Crippen molar-refractivity contribution < 1.29 is 5.11 Å². The first-order chi connectivity index (χ1) is 9.04. The van der Waals surface area contributed by atoms with Crippen molar-refractivity contribution in [1.29, 1.82) is 0 Å². The fourth-order valence-electron chi connectivity index (χ4n) is 1.94. The fourth-order valence-corrected chi connectivity index (χ4v) is 2.54. The molecule has 5 heteroatoms. The molecule has 0 saturated heterocycles. The highest BCUT2D eigenvalue weighted by Crippen LogP contribution is 2.17. The number of nitrogens with zero attached hydrogens (tertiary/aromatic N) is 2. The van der Waals surface area contributed by atoms with Crippen molar-refractivity contribution in [2.45, 2.75) is 19.6 Å². The average molecular weight is 277 g/mol. The lowest BCUT2D eigenvalue weighted by Gasteiger charge is -2.20. The predicted octanol–water partition coefficient (Wildman–Crippen LogP) is 2.20. The van der Waals surface area contributed by atoms with Gasteiger partial charge in [0.25, 0.3) is 0 Å². The molecule has 0 aliphatic carbocycles. The Bertz CT molecular complexity index is 524. The van der Waals surface area contributed by atoms with E-state index >= 15 is 0 Å². The summed E-state index contributed by atoms with van der Waals surface area (Å²) in [6.45, 7) is 3.31. The number of aromatic nitrogens is 1. The van der Waals surface area contributed by atoms with Crippen LogP contribution in [0.5, 0.6) is 0 Å². The van der Waals surface area contributed by atoms with Gasteiger partial charge in [0.15, 0.2) is 0 Å². The van der Waals surface area contributed by atoms with Crippen LogP contribution in [0.4, 0.5) is 5.69 Å². The average Bonchev–Trinajstić information content (AvgIpc) is 2.75. The Morgan fingerprint density at radius 3 is 2.63 bits per heavy atom. The van der Waals surface area contributed by atoms with Crippen molar-refractivity contribution in [2.75, 3.05) is 19.3 Å². The Morgan fingerprint density at radius 1 is 1.37 bits per heavy atom. The van der Waals surface area contributed by atoms with Crippen LogP contribution in [0.2, 0.25) is 0 Å². The first-order valence-corrected chi connectivity index (χ1v) is 7.05. The van der Waals surface area contributed by atoms with Crippen LogP contribution >= 0.6 is 11.3 Å². The smallest absolute Gasteiger partial charge is 0.0916 e. The van der Waals surface area contributed by atoms with Crippen LogP contribution in [0.25, 0.3) is 0 Å². The number of anilines is 1. The number of benzene rings is 1. The van der Waals surface area contributed by atoms with E-state index in [1.807, 2.05) is 38.2 Å². The van der Waals surface area contributed by atoms with Gasteiger partial charge in [-0.15, -0.1) is 11.3 Å². The second-order valence-electron chi connectivity index (χ2n) is 4.74. The third-order valence-corrected chi connectivity index (χ3v) is 3.73. The van der Waals surface area contributed by atoms with Gasteiger partial charge in [-0.1, -0.05) is 12.1 Å². The molecule has 0 spiro atoms. The van der Waals surface area contributed by atoms with E-state index in [1.54, 1.807) is 11.3 Å². The number of hydrogen-bond donors (Lipinski definition) is 2. The van der Waals surface area contributed by atoms with Crippen LogP contribution < -0.4 is 5.73 Å². The molecule has 0 saturated carbocycles. The summed E-state index contributed by atoms with van der Waals surface area (Å²) in [6.07, 6.45) is -0.509. The topological polar surface area (TPSA) is 62.4 Å². The standard InChI is InChI=1S/C14H19N3OS/c1-10-16-13(9-19-10)7-17(2)8-14(18)11-3-5-12(15)6-4-11/h3-6,9,14,18H,7-8,15H2,1-2H3. The Hall–Kier alpha value is -1.43. The van der Waals surface area contributed by atoms with E-state index in [9.17, 15) is 5.11 Å². The maximum absolute atomic E-state index is 10.2. The Labute approximate surface area is 117 Å². The molecule has 0 aliphatic rings. The molecule has 4 nitrogen and oxygen atoms in total. The molecule has 0 bridgehead atoms. The third kappa shape index (κ3) is 4.02. The van der Waals surface area contributed by atoms with Gasteiger partial charge in [-0.2, -0.15) is 0 Å². The third-order valence-electron chi connectivity index (χ3n) is 2.90. The number of rotatable bonds is 5. The number of hydrogen-bond acceptors (Lipinski definition) is 5. The van der Waals surface area contributed by atoms with Gasteiger partial charge in [0.05, 0.1) is 16.8 Å². The van der Waals surface area contributed by atoms with E-state index in [4.69, 9.17) is 5.73 Å². The Morgan fingerprint density at radius 2 is 2.05 bits per heavy atom. The van der Waals surface area contributed by atoms with Gasteiger partial charge in [0.2, 0.25) is 0 Å². The van der Waals surface area contributed by atoms with Crippen molar-refractivity contribution in [3.63, 3.8) is 0 Å². The maximum atomic E-state index is 10.2. The van der Waals surface area contributed by atoms with E-state index in [-0.39, 0.29) is 0 Å². The van der Waals surface area contributed by atoms with E-state index in [0.717, 1.165) is 22.8 Å². The summed E-state index contributed by atoms with van der Waals surface area (Å²) in [6, 6.07) is 7.34. The predicted molar refractivity (Wildman–Crippen MR) is 79.0 cm³/mol. The van der Waals surface area contributed by atoms with E-state index in [0.29, 0.717) is 12.2 Å². The quantitative estimate of drug-likeness (QED) is 0.822. The molecule has 2 rings (SSSR count). The molecule has 1 aromatic heterocycles. The molecule has 0 radical (unpaired) electrons. The Kier molecular flexibility index (Phi) is 4.52. The molecule has 1 heterocycles. The molecule has 2 aromatic rings. The Balaban J connectivity index is 1.91. The molecular weight excluding hydrogens is 258 g/mol. The number of nitrogen functional groups attached to an aromatic ring is 1. The van der Waals surface area contributed by atoms with Crippen molar-refractivity contribution in [2.24, 2.45) is 0 Å². The highest BCUT2D eigenvalue weighted by molar-refractivity contribution is 7.09. The first kappa shape index (κ1) is 14.0. The number of aliphatic hydroxyl groups is 1. The zero-order valence-electron chi connectivity index (χ0n) is 11.2. The lowest BCUT2D eigenvalue weighted by atomic mass is 10.1. The number of thiazole rings is 1. The molecule has 0 amide bonds.